The highest BCUT2D eigenvalue weighted by atomic mass is 16.5. The maximum absolute atomic E-state index is 12.7. The number of carbonyl (C=O) groups excluding carboxylic acids is 1. The molecule has 30 heavy (non-hydrogen) atoms. The molecule has 6 heteroatoms. The van der Waals surface area contributed by atoms with Crippen LogP contribution in [0, 0.1) is 13.8 Å². The second kappa shape index (κ2) is 10.4. The first kappa shape index (κ1) is 21.3. The van der Waals surface area contributed by atoms with Gasteiger partial charge in [-0.1, -0.05) is 19.1 Å². The number of rotatable bonds is 9. The van der Waals surface area contributed by atoms with Crippen LogP contribution in [0.2, 0.25) is 0 Å². The molecular weight excluding hydrogens is 378 g/mol. The SMILES string of the molecule is CCCOc1ncccc1CNC(=O)c1cc(C)c(OCc2cccnc2)c(C)c1. The van der Waals surface area contributed by atoms with Crippen LogP contribution in [0.1, 0.15) is 46.0 Å². The first-order valence-corrected chi connectivity index (χ1v) is 10.1. The topological polar surface area (TPSA) is 73.3 Å². The minimum atomic E-state index is -0.148. The predicted octanol–water partition coefficient (Wildman–Crippen LogP) is 4.39. The minimum Gasteiger partial charge on any atom is -0.488 e. The zero-order valence-corrected chi connectivity index (χ0v) is 17.6. The van der Waals surface area contributed by atoms with Crippen molar-refractivity contribution in [2.24, 2.45) is 0 Å². The van der Waals surface area contributed by atoms with E-state index in [1.807, 2.05) is 57.2 Å². The zero-order chi connectivity index (χ0) is 21.3. The summed E-state index contributed by atoms with van der Waals surface area (Å²) in [5.41, 5.74) is 4.27. The minimum absolute atomic E-state index is 0.148. The summed E-state index contributed by atoms with van der Waals surface area (Å²) in [7, 11) is 0. The van der Waals surface area contributed by atoms with Crippen LogP contribution in [0.3, 0.4) is 0 Å². The van der Waals surface area contributed by atoms with Gasteiger partial charge in [-0.05, 0) is 55.7 Å². The van der Waals surface area contributed by atoms with Crippen molar-refractivity contribution in [3.8, 4) is 11.6 Å². The maximum Gasteiger partial charge on any atom is 0.251 e. The Morgan fingerprint density at radius 1 is 1.07 bits per heavy atom. The fourth-order valence-corrected chi connectivity index (χ4v) is 3.11. The summed E-state index contributed by atoms with van der Waals surface area (Å²) >= 11 is 0. The summed E-state index contributed by atoms with van der Waals surface area (Å²) < 4.78 is 11.6. The van der Waals surface area contributed by atoms with Crippen molar-refractivity contribution in [3.63, 3.8) is 0 Å². The third-order valence-electron chi connectivity index (χ3n) is 4.56. The van der Waals surface area contributed by atoms with Gasteiger partial charge >= 0.3 is 0 Å². The smallest absolute Gasteiger partial charge is 0.251 e. The van der Waals surface area contributed by atoms with Gasteiger partial charge in [0.2, 0.25) is 5.88 Å². The number of nitrogens with one attached hydrogen (secondary N) is 1. The molecule has 3 aromatic rings. The van der Waals surface area contributed by atoms with Crippen molar-refractivity contribution in [1.82, 2.24) is 15.3 Å². The van der Waals surface area contributed by atoms with Gasteiger partial charge in [0.15, 0.2) is 0 Å². The highest BCUT2D eigenvalue weighted by Crippen LogP contribution is 2.26. The average Bonchev–Trinajstić information content (AvgIpc) is 2.76. The molecule has 0 spiro atoms. The fraction of sp³-hybridized carbons (Fsp3) is 0.292. The summed E-state index contributed by atoms with van der Waals surface area (Å²) in [5, 5.41) is 2.96. The average molecular weight is 405 g/mol. The molecule has 0 bridgehead atoms. The number of carbonyl (C=O) groups is 1. The predicted molar refractivity (Wildman–Crippen MR) is 116 cm³/mol. The van der Waals surface area contributed by atoms with Crippen LogP contribution in [-0.4, -0.2) is 22.5 Å². The lowest BCUT2D eigenvalue weighted by atomic mass is 10.0. The van der Waals surface area contributed by atoms with Crippen LogP contribution < -0.4 is 14.8 Å². The standard InChI is InChI=1S/C24H27N3O3/c1-4-11-29-24-20(8-6-10-26-24)15-27-23(28)21-12-17(2)22(18(3)13-21)30-16-19-7-5-9-25-14-19/h5-10,12-14H,4,11,15-16H2,1-3H3,(H,27,28). The lowest BCUT2D eigenvalue weighted by Crippen LogP contribution is -2.23. The van der Waals surface area contributed by atoms with E-state index in [0.717, 1.165) is 34.4 Å². The van der Waals surface area contributed by atoms with Crippen LogP contribution in [-0.2, 0) is 13.2 Å². The van der Waals surface area contributed by atoms with E-state index in [1.54, 1.807) is 18.6 Å². The van der Waals surface area contributed by atoms with Gasteiger partial charge in [-0.15, -0.1) is 0 Å². The van der Waals surface area contributed by atoms with E-state index >= 15 is 0 Å². The molecule has 1 N–H and O–H groups in total. The van der Waals surface area contributed by atoms with Gasteiger partial charge in [-0.3, -0.25) is 9.78 Å². The van der Waals surface area contributed by atoms with Crippen LogP contribution in [0.5, 0.6) is 11.6 Å². The molecule has 2 aromatic heterocycles. The first-order valence-electron chi connectivity index (χ1n) is 10.1. The van der Waals surface area contributed by atoms with Gasteiger partial charge in [0, 0.05) is 41.8 Å². The Balaban J connectivity index is 1.65. The van der Waals surface area contributed by atoms with Crippen molar-refractivity contribution in [1.29, 1.82) is 0 Å². The monoisotopic (exact) mass is 405 g/mol. The molecule has 0 aliphatic carbocycles. The number of hydrogen-bond donors (Lipinski definition) is 1. The second-order valence-corrected chi connectivity index (χ2v) is 7.09. The Morgan fingerprint density at radius 2 is 1.83 bits per heavy atom. The number of hydrogen-bond acceptors (Lipinski definition) is 5. The number of nitrogens with zero attached hydrogens (tertiary/aromatic N) is 2. The highest BCUT2D eigenvalue weighted by molar-refractivity contribution is 5.94. The normalized spacial score (nSPS) is 10.5. The van der Waals surface area contributed by atoms with Gasteiger partial charge in [-0.2, -0.15) is 0 Å². The van der Waals surface area contributed by atoms with Gasteiger partial charge < -0.3 is 14.8 Å². The Labute approximate surface area is 177 Å². The van der Waals surface area contributed by atoms with Gasteiger partial charge in [-0.25, -0.2) is 4.98 Å². The van der Waals surface area contributed by atoms with E-state index in [9.17, 15) is 4.79 Å². The Morgan fingerprint density at radius 3 is 2.53 bits per heavy atom. The molecule has 0 atom stereocenters. The second-order valence-electron chi connectivity index (χ2n) is 7.09. The summed E-state index contributed by atoms with van der Waals surface area (Å²) in [6.07, 6.45) is 6.10. The van der Waals surface area contributed by atoms with E-state index in [-0.39, 0.29) is 5.91 Å². The van der Waals surface area contributed by atoms with E-state index < -0.39 is 0 Å². The molecule has 1 amide bonds. The van der Waals surface area contributed by atoms with Crippen LogP contribution in [0.15, 0.2) is 55.0 Å². The van der Waals surface area contributed by atoms with Crippen molar-refractivity contribution in [2.75, 3.05) is 6.61 Å². The molecule has 2 heterocycles. The summed E-state index contributed by atoms with van der Waals surface area (Å²) in [6, 6.07) is 11.3. The van der Waals surface area contributed by atoms with E-state index in [0.29, 0.717) is 31.2 Å². The zero-order valence-electron chi connectivity index (χ0n) is 17.6. The number of amides is 1. The Kier molecular flexibility index (Phi) is 7.38. The third kappa shape index (κ3) is 5.56. The molecular formula is C24H27N3O3. The molecule has 1 aromatic carbocycles. The van der Waals surface area contributed by atoms with Crippen LogP contribution >= 0.6 is 0 Å². The Bertz CT molecular complexity index is 967. The summed E-state index contributed by atoms with van der Waals surface area (Å²) in [6.45, 7) is 7.31. The molecule has 0 aliphatic rings. The largest absolute Gasteiger partial charge is 0.488 e. The molecule has 0 fully saturated rings. The quantitative estimate of drug-likeness (QED) is 0.571. The summed E-state index contributed by atoms with van der Waals surface area (Å²) in [4.78, 5) is 21.1. The molecule has 6 nitrogen and oxygen atoms in total. The molecule has 0 radical (unpaired) electrons. The van der Waals surface area contributed by atoms with Crippen molar-refractivity contribution in [2.45, 2.75) is 40.3 Å². The van der Waals surface area contributed by atoms with E-state index in [2.05, 4.69) is 15.3 Å². The lowest BCUT2D eigenvalue weighted by molar-refractivity contribution is 0.0950. The number of pyridine rings is 2. The van der Waals surface area contributed by atoms with Gasteiger partial charge in [0.05, 0.1) is 6.61 Å². The van der Waals surface area contributed by atoms with Gasteiger partial charge in [0.25, 0.3) is 5.91 Å². The molecule has 3 rings (SSSR count). The fourth-order valence-electron chi connectivity index (χ4n) is 3.11. The highest BCUT2D eigenvalue weighted by Gasteiger charge is 2.13. The number of aromatic nitrogens is 2. The summed E-state index contributed by atoms with van der Waals surface area (Å²) in [5.74, 6) is 1.20. The molecule has 156 valence electrons. The van der Waals surface area contributed by atoms with Crippen LogP contribution in [0.25, 0.3) is 0 Å². The van der Waals surface area contributed by atoms with Gasteiger partial charge in [0.1, 0.15) is 12.4 Å². The van der Waals surface area contributed by atoms with Crippen molar-refractivity contribution in [3.05, 3.63) is 82.8 Å². The lowest BCUT2D eigenvalue weighted by Gasteiger charge is -2.15. The Hall–Kier alpha value is -3.41. The molecule has 0 saturated heterocycles. The number of ether oxygens (including phenoxy) is 2. The van der Waals surface area contributed by atoms with E-state index in [4.69, 9.17) is 9.47 Å². The first-order chi connectivity index (χ1) is 14.6. The number of aryl methyl sites for hydroxylation is 2. The molecule has 0 unspecified atom stereocenters. The van der Waals surface area contributed by atoms with Crippen molar-refractivity contribution >= 4 is 5.91 Å². The molecule has 0 saturated carbocycles. The third-order valence-corrected chi connectivity index (χ3v) is 4.56. The maximum atomic E-state index is 12.7. The molecule has 0 aliphatic heterocycles. The number of benzene rings is 1. The van der Waals surface area contributed by atoms with Crippen LogP contribution in [0.4, 0.5) is 0 Å². The van der Waals surface area contributed by atoms with E-state index in [1.165, 1.54) is 0 Å². The van der Waals surface area contributed by atoms with Crippen molar-refractivity contribution < 1.29 is 14.3 Å².